The molecule has 1 aliphatic rings. The number of hydrogen-bond donors (Lipinski definition) is 1. The summed E-state index contributed by atoms with van der Waals surface area (Å²) in [6.45, 7) is 1.97. The van der Waals surface area contributed by atoms with E-state index in [9.17, 15) is 5.11 Å². The molecular formula is C14H22N2O. The van der Waals surface area contributed by atoms with Crippen molar-refractivity contribution in [3.8, 4) is 0 Å². The van der Waals surface area contributed by atoms with Crippen LogP contribution in [0.15, 0.2) is 18.3 Å². The van der Waals surface area contributed by atoms with Crippen molar-refractivity contribution in [2.75, 3.05) is 14.1 Å². The summed E-state index contributed by atoms with van der Waals surface area (Å²) in [5.41, 5.74) is 1.31. The molecule has 2 rings (SSSR count). The monoisotopic (exact) mass is 234 g/mol. The van der Waals surface area contributed by atoms with E-state index in [0.717, 1.165) is 36.9 Å². The molecule has 1 heterocycles. The van der Waals surface area contributed by atoms with Gasteiger partial charge >= 0.3 is 0 Å². The molecule has 0 aromatic carbocycles. The van der Waals surface area contributed by atoms with Crippen molar-refractivity contribution in [3.05, 3.63) is 29.6 Å². The molecule has 0 radical (unpaired) electrons. The molecule has 3 heteroatoms. The number of aliphatic hydroxyl groups is 1. The first-order chi connectivity index (χ1) is 8.01. The van der Waals surface area contributed by atoms with Crippen LogP contribution in [-0.2, 0) is 5.60 Å². The summed E-state index contributed by atoms with van der Waals surface area (Å²) < 4.78 is 0. The van der Waals surface area contributed by atoms with E-state index in [2.05, 4.69) is 24.0 Å². The Hall–Kier alpha value is -0.930. The molecule has 0 saturated heterocycles. The highest BCUT2D eigenvalue weighted by Gasteiger charge is 2.35. The van der Waals surface area contributed by atoms with Crippen molar-refractivity contribution < 1.29 is 5.11 Å². The smallest absolute Gasteiger partial charge is 0.0912 e. The van der Waals surface area contributed by atoms with Crippen molar-refractivity contribution in [3.63, 3.8) is 0 Å². The Kier molecular flexibility index (Phi) is 3.50. The third kappa shape index (κ3) is 2.67. The number of aromatic nitrogens is 1. The lowest BCUT2D eigenvalue weighted by Crippen LogP contribution is -2.39. The standard InChI is InChI=1S/C14H22N2O/c1-11-4-5-12(10-15-11)14(17)8-6-13(7-9-14)16(2)3/h4-5,10,13,17H,6-9H2,1-3H3. The fourth-order valence-corrected chi connectivity index (χ4v) is 2.63. The third-order valence-electron chi connectivity index (χ3n) is 3.96. The van der Waals surface area contributed by atoms with E-state index in [4.69, 9.17) is 0 Å². The fraction of sp³-hybridized carbons (Fsp3) is 0.643. The maximum Gasteiger partial charge on any atom is 0.0912 e. The molecule has 1 fully saturated rings. The van der Waals surface area contributed by atoms with Crippen LogP contribution < -0.4 is 0 Å². The molecule has 17 heavy (non-hydrogen) atoms. The molecule has 0 amide bonds. The predicted octanol–water partition coefficient (Wildman–Crippen LogP) is 2.08. The quantitative estimate of drug-likeness (QED) is 0.851. The van der Waals surface area contributed by atoms with Crippen LogP contribution >= 0.6 is 0 Å². The molecule has 1 aromatic rings. The zero-order valence-electron chi connectivity index (χ0n) is 11.0. The van der Waals surface area contributed by atoms with E-state index in [1.165, 1.54) is 0 Å². The molecule has 1 aliphatic carbocycles. The lowest BCUT2D eigenvalue weighted by Gasteiger charge is -2.38. The summed E-state index contributed by atoms with van der Waals surface area (Å²) in [6.07, 6.45) is 5.60. The van der Waals surface area contributed by atoms with Crippen molar-refractivity contribution in [2.24, 2.45) is 0 Å². The van der Waals surface area contributed by atoms with E-state index >= 15 is 0 Å². The van der Waals surface area contributed by atoms with Gasteiger partial charge in [-0.05, 0) is 52.8 Å². The molecular weight excluding hydrogens is 212 g/mol. The summed E-state index contributed by atoms with van der Waals surface area (Å²) in [5.74, 6) is 0. The summed E-state index contributed by atoms with van der Waals surface area (Å²) in [7, 11) is 4.23. The zero-order valence-corrected chi connectivity index (χ0v) is 11.0. The Bertz CT molecular complexity index is 364. The third-order valence-corrected chi connectivity index (χ3v) is 3.96. The van der Waals surface area contributed by atoms with Gasteiger partial charge < -0.3 is 10.0 Å². The minimum Gasteiger partial charge on any atom is -0.385 e. The second-order valence-corrected chi connectivity index (χ2v) is 5.41. The van der Waals surface area contributed by atoms with Gasteiger partial charge in [0.25, 0.3) is 0 Å². The van der Waals surface area contributed by atoms with Crippen molar-refractivity contribution in [1.82, 2.24) is 9.88 Å². The van der Waals surface area contributed by atoms with E-state index in [0.29, 0.717) is 6.04 Å². The highest BCUT2D eigenvalue weighted by molar-refractivity contribution is 5.21. The van der Waals surface area contributed by atoms with Crippen LogP contribution in [0.4, 0.5) is 0 Å². The number of nitrogens with zero attached hydrogens (tertiary/aromatic N) is 2. The molecule has 0 bridgehead atoms. The normalized spacial score (nSPS) is 29.6. The first-order valence-electron chi connectivity index (χ1n) is 6.33. The van der Waals surface area contributed by atoms with Gasteiger partial charge in [0.15, 0.2) is 0 Å². The average molecular weight is 234 g/mol. The second kappa shape index (κ2) is 4.75. The van der Waals surface area contributed by atoms with Crippen molar-refractivity contribution in [2.45, 2.75) is 44.2 Å². The molecule has 0 unspecified atom stereocenters. The van der Waals surface area contributed by atoms with Gasteiger partial charge in [0.2, 0.25) is 0 Å². The van der Waals surface area contributed by atoms with Gasteiger partial charge in [-0.1, -0.05) is 6.07 Å². The van der Waals surface area contributed by atoms with E-state index in [1.807, 2.05) is 25.3 Å². The maximum absolute atomic E-state index is 10.7. The highest BCUT2D eigenvalue weighted by Crippen LogP contribution is 2.37. The van der Waals surface area contributed by atoms with Crippen LogP contribution in [0.5, 0.6) is 0 Å². The molecule has 1 N–H and O–H groups in total. The Morgan fingerprint density at radius 3 is 2.41 bits per heavy atom. The van der Waals surface area contributed by atoms with E-state index < -0.39 is 5.60 Å². The van der Waals surface area contributed by atoms with Crippen molar-refractivity contribution >= 4 is 0 Å². The summed E-state index contributed by atoms with van der Waals surface area (Å²) in [4.78, 5) is 6.54. The van der Waals surface area contributed by atoms with Gasteiger partial charge in [0.05, 0.1) is 5.60 Å². The molecule has 0 atom stereocenters. The molecule has 0 aliphatic heterocycles. The van der Waals surface area contributed by atoms with Gasteiger partial charge in [0.1, 0.15) is 0 Å². The molecule has 94 valence electrons. The largest absolute Gasteiger partial charge is 0.385 e. The van der Waals surface area contributed by atoms with Crippen LogP contribution in [0.1, 0.15) is 36.9 Å². The Morgan fingerprint density at radius 1 is 1.29 bits per heavy atom. The summed E-state index contributed by atoms with van der Waals surface area (Å²) >= 11 is 0. The van der Waals surface area contributed by atoms with E-state index in [1.54, 1.807) is 0 Å². The van der Waals surface area contributed by atoms with E-state index in [-0.39, 0.29) is 0 Å². The number of pyridine rings is 1. The van der Waals surface area contributed by atoms with Gasteiger partial charge in [-0.3, -0.25) is 4.98 Å². The number of rotatable bonds is 2. The zero-order chi connectivity index (χ0) is 12.5. The summed E-state index contributed by atoms with van der Waals surface area (Å²) in [5, 5.41) is 10.7. The highest BCUT2D eigenvalue weighted by atomic mass is 16.3. The number of aryl methyl sites for hydroxylation is 1. The molecule has 3 nitrogen and oxygen atoms in total. The molecule has 1 saturated carbocycles. The fourth-order valence-electron chi connectivity index (χ4n) is 2.63. The van der Waals surface area contributed by atoms with Crippen LogP contribution in [0.2, 0.25) is 0 Å². The lowest BCUT2D eigenvalue weighted by molar-refractivity contribution is -0.0193. The van der Waals surface area contributed by atoms with Crippen LogP contribution in [0, 0.1) is 6.92 Å². The maximum atomic E-state index is 10.7. The van der Waals surface area contributed by atoms with Crippen LogP contribution in [0.25, 0.3) is 0 Å². The average Bonchev–Trinajstić information content (AvgIpc) is 2.30. The Morgan fingerprint density at radius 2 is 1.94 bits per heavy atom. The van der Waals surface area contributed by atoms with Gasteiger partial charge in [-0.15, -0.1) is 0 Å². The van der Waals surface area contributed by atoms with Crippen LogP contribution in [0.3, 0.4) is 0 Å². The van der Waals surface area contributed by atoms with Crippen LogP contribution in [-0.4, -0.2) is 35.1 Å². The SMILES string of the molecule is Cc1ccc(C2(O)CCC(N(C)C)CC2)cn1. The van der Waals surface area contributed by atoms with Gasteiger partial charge in [-0.25, -0.2) is 0 Å². The van der Waals surface area contributed by atoms with Crippen molar-refractivity contribution in [1.29, 1.82) is 0 Å². The summed E-state index contributed by atoms with van der Waals surface area (Å²) in [6, 6.07) is 4.60. The minimum atomic E-state index is -0.660. The minimum absolute atomic E-state index is 0.605. The Balaban J connectivity index is 2.09. The second-order valence-electron chi connectivity index (χ2n) is 5.41. The topological polar surface area (TPSA) is 36.4 Å². The first kappa shape index (κ1) is 12.5. The lowest BCUT2D eigenvalue weighted by atomic mass is 9.78. The molecule has 0 spiro atoms. The predicted molar refractivity (Wildman–Crippen MR) is 68.8 cm³/mol. The first-order valence-corrected chi connectivity index (χ1v) is 6.33. The number of hydrogen-bond acceptors (Lipinski definition) is 3. The molecule has 1 aromatic heterocycles. The Labute approximate surface area is 103 Å². The van der Waals surface area contributed by atoms with Gasteiger partial charge in [-0.2, -0.15) is 0 Å². The van der Waals surface area contributed by atoms with Gasteiger partial charge in [0, 0.05) is 23.5 Å².